The fraction of sp³-hybridized carbons (Fsp3) is 0.368. The molecule has 2 N–H and O–H groups in total. The quantitative estimate of drug-likeness (QED) is 0.859. The molecule has 2 rings (SSSR count). The van der Waals surface area contributed by atoms with E-state index in [1.165, 1.54) is 0 Å². The Kier molecular flexibility index (Phi) is 5.28. The monoisotopic (exact) mass is 317 g/mol. The summed E-state index contributed by atoms with van der Waals surface area (Å²) >= 11 is 6.35. The Morgan fingerprint density at radius 3 is 2.14 bits per heavy atom. The van der Waals surface area contributed by atoms with Gasteiger partial charge in [0.1, 0.15) is 5.60 Å². The molecule has 2 aromatic carbocycles. The van der Waals surface area contributed by atoms with Crippen molar-refractivity contribution in [2.24, 2.45) is 0 Å². The molecule has 0 fully saturated rings. The van der Waals surface area contributed by atoms with Gasteiger partial charge in [0.05, 0.1) is 0 Å². The van der Waals surface area contributed by atoms with Crippen LogP contribution in [0.4, 0.5) is 0 Å². The molecule has 0 aromatic heterocycles. The molecule has 2 nitrogen and oxygen atoms in total. The molecular formula is C19H24ClNO. The van der Waals surface area contributed by atoms with E-state index in [0.29, 0.717) is 18.0 Å². The van der Waals surface area contributed by atoms with Crippen LogP contribution in [0, 0.1) is 0 Å². The van der Waals surface area contributed by atoms with Crippen LogP contribution in [0.5, 0.6) is 0 Å². The maximum atomic E-state index is 11.4. The lowest BCUT2D eigenvalue weighted by Crippen LogP contribution is -2.40. The van der Waals surface area contributed by atoms with Crippen LogP contribution in [0.2, 0.25) is 5.02 Å². The average Bonchev–Trinajstić information content (AvgIpc) is 2.47. The molecule has 0 aliphatic heterocycles. The van der Waals surface area contributed by atoms with Gasteiger partial charge in [-0.25, -0.2) is 0 Å². The molecule has 2 aromatic rings. The summed E-state index contributed by atoms with van der Waals surface area (Å²) in [5, 5.41) is 15.4. The van der Waals surface area contributed by atoms with Crippen LogP contribution in [-0.4, -0.2) is 17.2 Å². The Morgan fingerprint density at radius 1 is 0.955 bits per heavy atom. The lowest BCUT2D eigenvalue weighted by molar-refractivity contribution is 0.0693. The van der Waals surface area contributed by atoms with Gasteiger partial charge in [0, 0.05) is 16.1 Å². The first-order valence-corrected chi connectivity index (χ1v) is 7.99. The van der Waals surface area contributed by atoms with Gasteiger partial charge in [-0.2, -0.15) is 0 Å². The number of halogens is 1. The van der Waals surface area contributed by atoms with Crippen LogP contribution in [0.1, 0.15) is 38.3 Å². The van der Waals surface area contributed by atoms with Crippen molar-refractivity contribution < 1.29 is 5.11 Å². The Hall–Kier alpha value is -1.35. The highest BCUT2D eigenvalue weighted by molar-refractivity contribution is 6.31. The SMILES string of the molecule is CC(C)(C)NCCC(O)(c1ccccc1)c1ccccc1Cl. The summed E-state index contributed by atoms with van der Waals surface area (Å²) in [5.74, 6) is 0. The molecule has 0 aliphatic carbocycles. The van der Waals surface area contributed by atoms with Crippen LogP contribution < -0.4 is 5.32 Å². The van der Waals surface area contributed by atoms with Crippen LogP contribution in [0.15, 0.2) is 54.6 Å². The summed E-state index contributed by atoms with van der Waals surface area (Å²) in [4.78, 5) is 0. The van der Waals surface area contributed by atoms with Crippen molar-refractivity contribution in [1.29, 1.82) is 0 Å². The molecule has 22 heavy (non-hydrogen) atoms. The minimum absolute atomic E-state index is 0.0120. The zero-order valence-corrected chi connectivity index (χ0v) is 14.2. The molecule has 0 radical (unpaired) electrons. The topological polar surface area (TPSA) is 32.3 Å². The largest absolute Gasteiger partial charge is 0.380 e. The molecular weight excluding hydrogens is 294 g/mol. The highest BCUT2D eigenvalue weighted by Gasteiger charge is 2.33. The summed E-state index contributed by atoms with van der Waals surface area (Å²) < 4.78 is 0. The maximum Gasteiger partial charge on any atom is 0.117 e. The number of nitrogens with one attached hydrogen (secondary N) is 1. The first-order valence-electron chi connectivity index (χ1n) is 7.61. The Balaban J connectivity index is 2.35. The lowest BCUT2D eigenvalue weighted by Gasteiger charge is -2.32. The standard InChI is InChI=1S/C19H24ClNO/c1-18(2,3)21-14-13-19(22,15-9-5-4-6-10-15)16-11-7-8-12-17(16)20/h4-12,21-22H,13-14H2,1-3H3. The van der Waals surface area contributed by atoms with Gasteiger partial charge in [-0.3, -0.25) is 0 Å². The number of hydrogen-bond acceptors (Lipinski definition) is 2. The second-order valence-electron chi connectivity index (χ2n) is 6.63. The van der Waals surface area contributed by atoms with E-state index >= 15 is 0 Å². The van der Waals surface area contributed by atoms with E-state index in [4.69, 9.17) is 11.6 Å². The van der Waals surface area contributed by atoms with Gasteiger partial charge in [0.25, 0.3) is 0 Å². The van der Waals surface area contributed by atoms with E-state index in [0.717, 1.165) is 11.1 Å². The predicted molar refractivity (Wildman–Crippen MR) is 93.3 cm³/mol. The third kappa shape index (κ3) is 4.10. The molecule has 3 heteroatoms. The van der Waals surface area contributed by atoms with Crippen molar-refractivity contribution in [3.05, 3.63) is 70.7 Å². The predicted octanol–water partition coefficient (Wildman–Crippen LogP) is 4.35. The first kappa shape index (κ1) is 17.0. The third-order valence-corrected chi connectivity index (χ3v) is 4.04. The Morgan fingerprint density at radius 2 is 1.55 bits per heavy atom. The number of aliphatic hydroxyl groups is 1. The van der Waals surface area contributed by atoms with E-state index < -0.39 is 5.60 Å². The van der Waals surface area contributed by atoms with E-state index in [1.807, 2.05) is 54.6 Å². The van der Waals surface area contributed by atoms with E-state index in [-0.39, 0.29) is 5.54 Å². The van der Waals surface area contributed by atoms with Crippen molar-refractivity contribution in [2.75, 3.05) is 6.54 Å². The highest BCUT2D eigenvalue weighted by Crippen LogP contribution is 2.36. The first-order chi connectivity index (χ1) is 10.3. The minimum atomic E-state index is -1.10. The molecule has 0 bridgehead atoms. The summed E-state index contributed by atoms with van der Waals surface area (Å²) in [7, 11) is 0. The molecule has 0 saturated carbocycles. The van der Waals surface area contributed by atoms with E-state index in [2.05, 4.69) is 26.1 Å². The van der Waals surface area contributed by atoms with Crippen molar-refractivity contribution in [1.82, 2.24) is 5.32 Å². The summed E-state index contributed by atoms with van der Waals surface area (Å²) in [5.41, 5.74) is 0.521. The highest BCUT2D eigenvalue weighted by atomic mass is 35.5. The summed E-state index contributed by atoms with van der Waals surface area (Å²) in [6, 6.07) is 17.2. The van der Waals surface area contributed by atoms with Crippen LogP contribution in [0.25, 0.3) is 0 Å². The molecule has 0 heterocycles. The number of hydrogen-bond donors (Lipinski definition) is 2. The zero-order chi connectivity index (χ0) is 16.2. The molecule has 1 unspecified atom stereocenters. The third-order valence-electron chi connectivity index (χ3n) is 3.71. The van der Waals surface area contributed by atoms with Gasteiger partial charge >= 0.3 is 0 Å². The average molecular weight is 318 g/mol. The second-order valence-corrected chi connectivity index (χ2v) is 7.04. The number of benzene rings is 2. The van der Waals surface area contributed by atoms with Crippen molar-refractivity contribution >= 4 is 11.6 Å². The Labute approximate surface area is 138 Å². The molecule has 0 amide bonds. The minimum Gasteiger partial charge on any atom is -0.380 e. The van der Waals surface area contributed by atoms with Gasteiger partial charge in [-0.1, -0.05) is 60.1 Å². The molecule has 1 atom stereocenters. The fourth-order valence-electron chi connectivity index (χ4n) is 2.56. The van der Waals surface area contributed by atoms with Gasteiger partial charge in [0.2, 0.25) is 0 Å². The van der Waals surface area contributed by atoms with Gasteiger partial charge in [0.15, 0.2) is 0 Å². The number of rotatable bonds is 5. The molecule has 0 spiro atoms. The smallest absolute Gasteiger partial charge is 0.117 e. The molecule has 0 saturated heterocycles. The summed E-state index contributed by atoms with van der Waals surface area (Å²) in [6.45, 7) is 7.04. The van der Waals surface area contributed by atoms with E-state index in [1.54, 1.807) is 0 Å². The van der Waals surface area contributed by atoms with E-state index in [9.17, 15) is 5.11 Å². The van der Waals surface area contributed by atoms with Crippen LogP contribution >= 0.6 is 11.6 Å². The second kappa shape index (κ2) is 6.82. The normalized spacial score (nSPS) is 14.6. The van der Waals surface area contributed by atoms with Crippen molar-refractivity contribution in [3.63, 3.8) is 0 Å². The van der Waals surface area contributed by atoms with Gasteiger partial charge in [-0.15, -0.1) is 0 Å². The van der Waals surface area contributed by atoms with Gasteiger partial charge in [-0.05, 0) is 45.4 Å². The summed E-state index contributed by atoms with van der Waals surface area (Å²) in [6.07, 6.45) is 0.554. The molecule has 118 valence electrons. The fourth-order valence-corrected chi connectivity index (χ4v) is 2.86. The van der Waals surface area contributed by atoms with Crippen molar-refractivity contribution in [2.45, 2.75) is 38.3 Å². The maximum absolute atomic E-state index is 11.4. The van der Waals surface area contributed by atoms with Crippen molar-refractivity contribution in [3.8, 4) is 0 Å². The van der Waals surface area contributed by atoms with Crippen LogP contribution in [-0.2, 0) is 5.60 Å². The Bertz CT molecular complexity index is 606. The lowest BCUT2D eigenvalue weighted by atomic mass is 9.83. The molecule has 0 aliphatic rings. The van der Waals surface area contributed by atoms with Gasteiger partial charge < -0.3 is 10.4 Å². The zero-order valence-electron chi connectivity index (χ0n) is 13.4. The van der Waals surface area contributed by atoms with Crippen LogP contribution in [0.3, 0.4) is 0 Å².